The quantitative estimate of drug-likeness (QED) is 0.749. The van der Waals surface area contributed by atoms with Gasteiger partial charge in [-0.1, -0.05) is 60.7 Å². The highest BCUT2D eigenvalue weighted by Crippen LogP contribution is 2.33. The van der Waals surface area contributed by atoms with Crippen molar-refractivity contribution >= 4 is 6.09 Å². The van der Waals surface area contributed by atoms with E-state index in [1.165, 1.54) is 11.1 Å². The summed E-state index contributed by atoms with van der Waals surface area (Å²) in [5.41, 5.74) is 2.50. The Hall–Kier alpha value is -2.84. The largest absolute Gasteiger partial charge is 0.465 e. The molecule has 3 rings (SSSR count). The number of hydrogen-bond donors (Lipinski definition) is 2. The molecule has 0 radical (unpaired) electrons. The van der Waals surface area contributed by atoms with Crippen molar-refractivity contribution < 1.29 is 9.90 Å². The van der Waals surface area contributed by atoms with Crippen LogP contribution in [0.3, 0.4) is 0 Å². The molecule has 2 N–H and O–H groups in total. The molecule has 1 aliphatic carbocycles. The van der Waals surface area contributed by atoms with Gasteiger partial charge in [0, 0.05) is 31.6 Å². The molecule has 0 heterocycles. The summed E-state index contributed by atoms with van der Waals surface area (Å²) in [4.78, 5) is 13.5. The number of nitrogens with zero attached hydrogens (tertiary/aromatic N) is 2. The highest BCUT2D eigenvalue weighted by atomic mass is 16.4. The Labute approximate surface area is 166 Å². The zero-order chi connectivity index (χ0) is 19.8. The van der Waals surface area contributed by atoms with Gasteiger partial charge in [-0.15, -0.1) is 0 Å². The molecule has 0 bridgehead atoms. The first-order valence-corrected chi connectivity index (χ1v) is 9.84. The van der Waals surface area contributed by atoms with E-state index in [2.05, 4.69) is 64.8 Å². The van der Waals surface area contributed by atoms with Crippen LogP contribution in [0, 0.1) is 17.2 Å². The van der Waals surface area contributed by atoms with Gasteiger partial charge in [0.25, 0.3) is 0 Å². The molecule has 0 aromatic heterocycles. The minimum Gasteiger partial charge on any atom is -0.465 e. The Balaban J connectivity index is 1.80. The van der Waals surface area contributed by atoms with Crippen LogP contribution < -0.4 is 5.32 Å². The molecule has 0 spiro atoms. The van der Waals surface area contributed by atoms with Crippen LogP contribution in [-0.2, 0) is 13.1 Å². The Morgan fingerprint density at radius 1 is 1.04 bits per heavy atom. The smallest absolute Gasteiger partial charge is 0.404 e. The number of carboxylic acid groups (broad SMARTS) is 1. The molecule has 1 saturated carbocycles. The van der Waals surface area contributed by atoms with E-state index in [1.54, 1.807) is 0 Å². The van der Waals surface area contributed by atoms with E-state index >= 15 is 0 Å². The van der Waals surface area contributed by atoms with E-state index in [0.717, 1.165) is 25.9 Å². The fourth-order valence-electron chi connectivity index (χ4n) is 4.30. The van der Waals surface area contributed by atoms with Crippen molar-refractivity contribution in [3.63, 3.8) is 0 Å². The summed E-state index contributed by atoms with van der Waals surface area (Å²) in [6.45, 7) is 1.64. The van der Waals surface area contributed by atoms with Crippen LogP contribution in [0.15, 0.2) is 60.7 Å². The molecule has 28 heavy (non-hydrogen) atoms. The van der Waals surface area contributed by atoms with E-state index in [0.29, 0.717) is 12.8 Å². The molecule has 1 fully saturated rings. The average molecular weight is 377 g/mol. The molecule has 5 heteroatoms. The number of nitriles is 1. The summed E-state index contributed by atoms with van der Waals surface area (Å²) in [6, 6.07) is 23.3. The van der Waals surface area contributed by atoms with Crippen LogP contribution in [0.1, 0.15) is 36.8 Å². The van der Waals surface area contributed by atoms with E-state index in [1.807, 2.05) is 12.1 Å². The predicted molar refractivity (Wildman–Crippen MR) is 108 cm³/mol. The number of hydrogen-bond acceptors (Lipinski definition) is 3. The Morgan fingerprint density at radius 3 is 2.11 bits per heavy atom. The van der Waals surface area contributed by atoms with Crippen LogP contribution in [0.5, 0.6) is 0 Å². The third-order valence-corrected chi connectivity index (χ3v) is 5.55. The van der Waals surface area contributed by atoms with Crippen molar-refractivity contribution in [2.24, 2.45) is 5.92 Å². The van der Waals surface area contributed by atoms with Gasteiger partial charge in [0.1, 0.15) is 0 Å². The van der Waals surface area contributed by atoms with Gasteiger partial charge < -0.3 is 10.4 Å². The van der Waals surface area contributed by atoms with Crippen molar-refractivity contribution in [2.75, 3.05) is 0 Å². The van der Waals surface area contributed by atoms with Crippen LogP contribution in [0.2, 0.25) is 0 Å². The summed E-state index contributed by atoms with van der Waals surface area (Å²) < 4.78 is 0. The fourth-order valence-corrected chi connectivity index (χ4v) is 4.30. The zero-order valence-electron chi connectivity index (χ0n) is 16.0. The monoisotopic (exact) mass is 377 g/mol. The molecule has 2 aromatic rings. The molecular formula is C23H27N3O2. The first kappa shape index (κ1) is 19.9. The minimum atomic E-state index is -0.982. The van der Waals surface area contributed by atoms with Crippen molar-refractivity contribution in [1.29, 1.82) is 5.26 Å². The lowest BCUT2D eigenvalue weighted by Crippen LogP contribution is -2.48. The van der Waals surface area contributed by atoms with Crippen molar-refractivity contribution in [1.82, 2.24) is 10.2 Å². The fraction of sp³-hybridized carbons (Fsp3) is 0.391. The lowest BCUT2D eigenvalue weighted by atomic mass is 9.79. The average Bonchev–Trinajstić information content (AvgIpc) is 2.69. The third kappa shape index (κ3) is 5.58. The van der Waals surface area contributed by atoms with E-state index < -0.39 is 6.09 Å². The Morgan fingerprint density at radius 2 is 1.61 bits per heavy atom. The predicted octanol–water partition coefficient (Wildman–Crippen LogP) is 4.41. The van der Waals surface area contributed by atoms with Gasteiger partial charge in [-0.2, -0.15) is 5.26 Å². The normalized spacial score (nSPS) is 21.8. The second kappa shape index (κ2) is 9.91. The molecule has 3 atom stereocenters. The lowest BCUT2D eigenvalue weighted by molar-refractivity contribution is 0.0777. The minimum absolute atomic E-state index is 0.0672. The zero-order valence-corrected chi connectivity index (χ0v) is 16.0. The summed E-state index contributed by atoms with van der Waals surface area (Å²) in [5.74, 6) is 0.156. The highest BCUT2D eigenvalue weighted by Gasteiger charge is 2.34. The molecule has 146 valence electrons. The second-order valence-corrected chi connectivity index (χ2v) is 7.53. The van der Waals surface area contributed by atoms with Crippen LogP contribution in [0.4, 0.5) is 4.79 Å². The van der Waals surface area contributed by atoms with Gasteiger partial charge in [-0.3, -0.25) is 4.90 Å². The summed E-state index contributed by atoms with van der Waals surface area (Å²) in [6.07, 6.45) is 1.87. The van der Waals surface area contributed by atoms with E-state index in [9.17, 15) is 10.1 Å². The highest BCUT2D eigenvalue weighted by molar-refractivity contribution is 5.64. The standard InChI is InChI=1S/C23H27N3O2/c24-14-13-20-15-21(25-23(27)28)11-12-22(20)26(16-18-7-3-1-4-8-18)17-19-9-5-2-6-10-19/h1-10,20-22,25H,11-13,15-17H2,(H,27,28)/t20-,21-,22+/m1/s1. The topological polar surface area (TPSA) is 76.4 Å². The Kier molecular flexibility index (Phi) is 7.05. The number of amides is 1. The third-order valence-electron chi connectivity index (χ3n) is 5.55. The van der Waals surface area contributed by atoms with Crippen molar-refractivity contribution in [2.45, 2.75) is 50.9 Å². The molecule has 1 amide bonds. The maximum Gasteiger partial charge on any atom is 0.404 e. The number of nitrogens with one attached hydrogen (secondary N) is 1. The Bertz CT molecular complexity index is 747. The maximum absolute atomic E-state index is 11.0. The van der Waals surface area contributed by atoms with Crippen molar-refractivity contribution in [3.05, 3.63) is 71.8 Å². The van der Waals surface area contributed by atoms with Gasteiger partial charge in [0.05, 0.1) is 6.07 Å². The van der Waals surface area contributed by atoms with Crippen LogP contribution in [-0.4, -0.2) is 28.2 Å². The van der Waals surface area contributed by atoms with E-state index in [-0.39, 0.29) is 18.0 Å². The van der Waals surface area contributed by atoms with E-state index in [4.69, 9.17) is 5.11 Å². The molecule has 1 aliphatic rings. The SMILES string of the molecule is N#CC[C@@H]1C[C@H](NC(=O)O)CC[C@@H]1N(Cc1ccccc1)Cc1ccccc1. The molecular weight excluding hydrogens is 350 g/mol. The first-order chi connectivity index (χ1) is 13.7. The lowest BCUT2D eigenvalue weighted by Gasteiger charge is -2.42. The summed E-state index contributed by atoms with van der Waals surface area (Å²) in [5, 5.41) is 21.0. The molecule has 0 aliphatic heterocycles. The molecule has 5 nitrogen and oxygen atoms in total. The maximum atomic E-state index is 11.0. The van der Waals surface area contributed by atoms with Gasteiger partial charge >= 0.3 is 6.09 Å². The van der Waals surface area contributed by atoms with Gasteiger partial charge in [-0.25, -0.2) is 4.79 Å². The van der Waals surface area contributed by atoms with Gasteiger partial charge in [-0.05, 0) is 36.3 Å². The number of carbonyl (C=O) groups is 1. The van der Waals surface area contributed by atoms with Crippen LogP contribution in [0.25, 0.3) is 0 Å². The summed E-state index contributed by atoms with van der Waals surface area (Å²) in [7, 11) is 0. The summed E-state index contributed by atoms with van der Waals surface area (Å²) >= 11 is 0. The number of benzene rings is 2. The number of rotatable bonds is 7. The molecule has 2 aromatic carbocycles. The first-order valence-electron chi connectivity index (χ1n) is 9.84. The van der Waals surface area contributed by atoms with Gasteiger partial charge in [0.15, 0.2) is 0 Å². The molecule has 0 unspecified atom stereocenters. The van der Waals surface area contributed by atoms with Gasteiger partial charge in [0.2, 0.25) is 0 Å². The van der Waals surface area contributed by atoms with Crippen LogP contribution >= 0.6 is 0 Å². The second-order valence-electron chi connectivity index (χ2n) is 7.53. The van der Waals surface area contributed by atoms with Crippen molar-refractivity contribution in [3.8, 4) is 6.07 Å². The molecule has 0 saturated heterocycles.